The van der Waals surface area contributed by atoms with Crippen LogP contribution in [0.25, 0.3) is 0 Å². The van der Waals surface area contributed by atoms with E-state index in [1.54, 1.807) is 0 Å². The summed E-state index contributed by atoms with van der Waals surface area (Å²) in [5.74, 6) is -0.359. The predicted molar refractivity (Wildman–Crippen MR) is 54.4 cm³/mol. The first-order chi connectivity index (χ1) is 7.25. The molecule has 0 atom stereocenters. The van der Waals surface area contributed by atoms with Gasteiger partial charge in [0.05, 0.1) is 0 Å². The van der Waals surface area contributed by atoms with Crippen LogP contribution in [0, 0.1) is 17.6 Å². The van der Waals surface area contributed by atoms with Crippen LogP contribution in [-0.2, 0) is 6.54 Å². The SMILES string of the molecule is Fc1ccc(CNCC2CNC2)c(F)c1. The summed E-state index contributed by atoms with van der Waals surface area (Å²) in [6.45, 7) is 3.39. The summed E-state index contributed by atoms with van der Waals surface area (Å²) >= 11 is 0. The van der Waals surface area contributed by atoms with Crippen LogP contribution >= 0.6 is 0 Å². The summed E-state index contributed by atoms with van der Waals surface area (Å²) in [7, 11) is 0. The Morgan fingerprint density at radius 2 is 2.13 bits per heavy atom. The van der Waals surface area contributed by atoms with Crippen molar-refractivity contribution in [3.8, 4) is 0 Å². The highest BCUT2D eigenvalue weighted by Gasteiger charge is 2.15. The van der Waals surface area contributed by atoms with Crippen molar-refractivity contribution in [1.82, 2.24) is 10.6 Å². The van der Waals surface area contributed by atoms with Crippen molar-refractivity contribution in [1.29, 1.82) is 0 Å². The van der Waals surface area contributed by atoms with E-state index in [1.165, 1.54) is 12.1 Å². The van der Waals surface area contributed by atoms with Crippen LogP contribution < -0.4 is 10.6 Å². The Balaban J connectivity index is 1.81. The van der Waals surface area contributed by atoms with Crippen molar-refractivity contribution in [2.45, 2.75) is 6.54 Å². The molecule has 1 aromatic carbocycles. The molecule has 2 rings (SSSR count). The van der Waals surface area contributed by atoms with Gasteiger partial charge in [0.25, 0.3) is 0 Å². The van der Waals surface area contributed by atoms with Crippen LogP contribution in [0.4, 0.5) is 8.78 Å². The van der Waals surface area contributed by atoms with Crippen LogP contribution in [0.15, 0.2) is 18.2 Å². The molecule has 0 spiro atoms. The summed E-state index contributed by atoms with van der Waals surface area (Å²) in [5, 5.41) is 6.33. The Kier molecular flexibility index (Phi) is 3.28. The molecule has 1 aliphatic heterocycles. The molecule has 0 aliphatic carbocycles. The Morgan fingerprint density at radius 3 is 2.73 bits per heavy atom. The minimum atomic E-state index is -0.528. The van der Waals surface area contributed by atoms with E-state index in [9.17, 15) is 8.78 Å². The molecule has 82 valence electrons. The molecule has 0 bridgehead atoms. The molecule has 0 saturated carbocycles. The molecule has 15 heavy (non-hydrogen) atoms. The lowest BCUT2D eigenvalue weighted by Crippen LogP contribution is -2.47. The topological polar surface area (TPSA) is 24.1 Å². The third-order valence-corrected chi connectivity index (χ3v) is 2.63. The van der Waals surface area contributed by atoms with E-state index in [-0.39, 0.29) is 0 Å². The van der Waals surface area contributed by atoms with Gasteiger partial charge in [-0.1, -0.05) is 6.07 Å². The van der Waals surface area contributed by atoms with Crippen LogP contribution in [-0.4, -0.2) is 19.6 Å². The summed E-state index contributed by atoms with van der Waals surface area (Å²) in [5.41, 5.74) is 0.517. The molecule has 0 radical (unpaired) electrons. The first kappa shape index (κ1) is 10.5. The van der Waals surface area contributed by atoms with E-state index in [2.05, 4.69) is 10.6 Å². The highest BCUT2D eigenvalue weighted by Crippen LogP contribution is 2.09. The van der Waals surface area contributed by atoms with E-state index in [1.807, 2.05) is 0 Å². The average Bonchev–Trinajstić information content (AvgIpc) is 2.12. The molecule has 1 aliphatic rings. The maximum absolute atomic E-state index is 13.2. The van der Waals surface area contributed by atoms with E-state index < -0.39 is 11.6 Å². The Labute approximate surface area is 87.7 Å². The number of nitrogens with one attached hydrogen (secondary N) is 2. The van der Waals surface area contributed by atoms with E-state index in [0.29, 0.717) is 18.0 Å². The van der Waals surface area contributed by atoms with Crippen LogP contribution in [0.5, 0.6) is 0 Å². The number of halogens is 2. The molecule has 0 aromatic heterocycles. The van der Waals surface area contributed by atoms with E-state index >= 15 is 0 Å². The lowest BCUT2D eigenvalue weighted by molar-refractivity contribution is 0.330. The maximum Gasteiger partial charge on any atom is 0.130 e. The second kappa shape index (κ2) is 4.68. The fourth-order valence-electron chi connectivity index (χ4n) is 1.57. The monoisotopic (exact) mass is 212 g/mol. The molecule has 2 N–H and O–H groups in total. The van der Waals surface area contributed by atoms with Gasteiger partial charge in [-0.25, -0.2) is 8.78 Å². The average molecular weight is 212 g/mol. The molecular formula is C11H14F2N2. The van der Waals surface area contributed by atoms with Gasteiger partial charge in [0.15, 0.2) is 0 Å². The Morgan fingerprint density at radius 1 is 1.33 bits per heavy atom. The lowest BCUT2D eigenvalue weighted by atomic mass is 10.0. The molecule has 2 nitrogen and oxygen atoms in total. The molecule has 1 aromatic rings. The van der Waals surface area contributed by atoms with Gasteiger partial charge in [0.1, 0.15) is 11.6 Å². The molecule has 0 amide bonds. The maximum atomic E-state index is 13.2. The normalized spacial score (nSPS) is 16.4. The third-order valence-electron chi connectivity index (χ3n) is 2.63. The molecule has 1 fully saturated rings. The Hall–Kier alpha value is -1.00. The summed E-state index contributed by atoms with van der Waals surface area (Å²) in [6, 6.07) is 3.68. The molecule has 1 saturated heterocycles. The van der Waals surface area contributed by atoms with Crippen LogP contribution in [0.2, 0.25) is 0 Å². The van der Waals surface area contributed by atoms with Gasteiger partial charge in [-0.2, -0.15) is 0 Å². The highest BCUT2D eigenvalue weighted by molar-refractivity contribution is 5.18. The van der Waals surface area contributed by atoms with E-state index in [0.717, 1.165) is 25.7 Å². The number of rotatable bonds is 4. The van der Waals surface area contributed by atoms with Crippen molar-refractivity contribution in [3.63, 3.8) is 0 Å². The minimum Gasteiger partial charge on any atom is -0.316 e. The Bertz CT molecular complexity index is 337. The molecule has 1 heterocycles. The van der Waals surface area contributed by atoms with Gasteiger partial charge < -0.3 is 10.6 Å². The zero-order valence-corrected chi connectivity index (χ0v) is 8.39. The van der Waals surface area contributed by atoms with E-state index in [4.69, 9.17) is 0 Å². The summed E-state index contributed by atoms with van der Waals surface area (Å²) in [4.78, 5) is 0. The van der Waals surface area contributed by atoms with Gasteiger partial charge in [-0.05, 0) is 12.0 Å². The van der Waals surface area contributed by atoms with Crippen molar-refractivity contribution >= 4 is 0 Å². The lowest BCUT2D eigenvalue weighted by Gasteiger charge is -2.27. The van der Waals surface area contributed by atoms with Crippen molar-refractivity contribution < 1.29 is 8.78 Å². The van der Waals surface area contributed by atoms with Gasteiger partial charge in [0.2, 0.25) is 0 Å². The fraction of sp³-hybridized carbons (Fsp3) is 0.455. The highest BCUT2D eigenvalue weighted by atomic mass is 19.1. The van der Waals surface area contributed by atoms with Crippen molar-refractivity contribution in [2.24, 2.45) is 5.92 Å². The van der Waals surface area contributed by atoms with Gasteiger partial charge >= 0.3 is 0 Å². The first-order valence-corrected chi connectivity index (χ1v) is 5.11. The van der Waals surface area contributed by atoms with Crippen LogP contribution in [0.3, 0.4) is 0 Å². The van der Waals surface area contributed by atoms with Crippen molar-refractivity contribution in [3.05, 3.63) is 35.4 Å². The van der Waals surface area contributed by atoms with Crippen LogP contribution in [0.1, 0.15) is 5.56 Å². The van der Waals surface area contributed by atoms with Crippen molar-refractivity contribution in [2.75, 3.05) is 19.6 Å². The van der Waals surface area contributed by atoms with Gasteiger partial charge in [-0.3, -0.25) is 0 Å². The third kappa shape index (κ3) is 2.73. The standard InChI is InChI=1S/C11H14F2N2/c12-10-2-1-9(11(13)3-10)7-15-6-8-4-14-5-8/h1-3,8,14-15H,4-7H2. The zero-order valence-electron chi connectivity index (χ0n) is 8.39. The second-order valence-corrected chi connectivity index (χ2v) is 3.89. The quantitative estimate of drug-likeness (QED) is 0.785. The largest absolute Gasteiger partial charge is 0.316 e. The molecule has 4 heteroatoms. The fourth-order valence-corrected chi connectivity index (χ4v) is 1.57. The minimum absolute atomic E-state index is 0.461. The first-order valence-electron chi connectivity index (χ1n) is 5.11. The predicted octanol–water partition coefficient (Wildman–Crippen LogP) is 1.27. The molecular weight excluding hydrogens is 198 g/mol. The molecule has 0 unspecified atom stereocenters. The number of benzene rings is 1. The number of hydrogen-bond acceptors (Lipinski definition) is 2. The summed E-state index contributed by atoms with van der Waals surface area (Å²) in [6.07, 6.45) is 0. The number of hydrogen-bond donors (Lipinski definition) is 2. The zero-order chi connectivity index (χ0) is 10.7. The smallest absolute Gasteiger partial charge is 0.130 e. The summed E-state index contributed by atoms with van der Waals surface area (Å²) < 4.78 is 25.8. The van der Waals surface area contributed by atoms with Gasteiger partial charge in [-0.15, -0.1) is 0 Å². The second-order valence-electron chi connectivity index (χ2n) is 3.89. The van der Waals surface area contributed by atoms with Gasteiger partial charge in [0, 0.05) is 37.8 Å².